The van der Waals surface area contributed by atoms with E-state index in [0.717, 1.165) is 27.5 Å². The lowest BCUT2D eigenvalue weighted by molar-refractivity contribution is 0.529. The first-order valence-electron chi connectivity index (χ1n) is 8.60. The van der Waals surface area contributed by atoms with Crippen molar-refractivity contribution >= 4 is 38.9 Å². The molecule has 0 radical (unpaired) electrons. The van der Waals surface area contributed by atoms with Crippen molar-refractivity contribution in [2.45, 2.75) is 25.6 Å². The van der Waals surface area contributed by atoms with Crippen LogP contribution in [0, 0.1) is 0 Å². The van der Waals surface area contributed by atoms with Gasteiger partial charge in [-0.05, 0) is 67.7 Å². The summed E-state index contributed by atoms with van der Waals surface area (Å²) in [6.07, 6.45) is 3.95. The average Bonchev–Trinajstić information content (AvgIpc) is 3.27. The maximum atomic E-state index is 5.73. The van der Waals surface area contributed by atoms with Crippen molar-refractivity contribution in [3.63, 3.8) is 0 Å². The van der Waals surface area contributed by atoms with Crippen molar-refractivity contribution < 1.29 is 0 Å². The predicted octanol–water partition coefficient (Wildman–Crippen LogP) is 4.84. The van der Waals surface area contributed by atoms with Crippen LogP contribution in [0.2, 0.25) is 0 Å². The van der Waals surface area contributed by atoms with Gasteiger partial charge in [0.05, 0.1) is 11.7 Å². The van der Waals surface area contributed by atoms with E-state index < -0.39 is 0 Å². The molecule has 1 aliphatic heterocycles. The van der Waals surface area contributed by atoms with Gasteiger partial charge >= 0.3 is 0 Å². The van der Waals surface area contributed by atoms with Gasteiger partial charge < -0.3 is 14.8 Å². The third-order valence-electron chi connectivity index (χ3n) is 4.71. The highest BCUT2D eigenvalue weighted by Gasteiger charge is 2.41. The largest absolute Gasteiger partial charge is 0.351 e. The lowest BCUT2D eigenvalue weighted by atomic mass is 10.0. The van der Waals surface area contributed by atoms with Gasteiger partial charge in [-0.15, -0.1) is 0 Å². The van der Waals surface area contributed by atoms with Crippen LogP contribution in [0.3, 0.4) is 0 Å². The minimum absolute atomic E-state index is 0.00690. The summed E-state index contributed by atoms with van der Waals surface area (Å²) in [7, 11) is 0. The number of halogens is 1. The molecule has 3 heterocycles. The number of aryl methyl sites for hydroxylation is 1. The van der Waals surface area contributed by atoms with Crippen molar-refractivity contribution in [2.24, 2.45) is 0 Å². The van der Waals surface area contributed by atoms with Gasteiger partial charge in [0, 0.05) is 34.8 Å². The molecule has 0 amide bonds. The molecule has 2 atom stereocenters. The summed E-state index contributed by atoms with van der Waals surface area (Å²) in [6.45, 7) is 3.07. The van der Waals surface area contributed by atoms with E-state index in [2.05, 4.69) is 79.2 Å². The zero-order chi connectivity index (χ0) is 18.1. The molecular weight excluding hydrogens is 408 g/mol. The first-order chi connectivity index (χ1) is 12.7. The number of anilines is 1. The van der Waals surface area contributed by atoms with E-state index in [9.17, 15) is 0 Å². The lowest BCUT2D eigenvalue weighted by Crippen LogP contribution is -2.30. The number of hydrogen-bond donors (Lipinski definition) is 1. The molecule has 0 saturated carbocycles. The molecule has 4 nitrogen and oxygen atoms in total. The molecule has 1 fully saturated rings. The Kier molecular flexibility index (Phi) is 4.78. The Morgan fingerprint density at radius 1 is 1.12 bits per heavy atom. The minimum Gasteiger partial charge on any atom is -0.351 e. The molecular formula is C20H19BrN4S. The number of benzene rings is 1. The fourth-order valence-electron chi connectivity index (χ4n) is 3.52. The van der Waals surface area contributed by atoms with Crippen LogP contribution >= 0.6 is 28.1 Å². The van der Waals surface area contributed by atoms with Gasteiger partial charge in [-0.2, -0.15) is 0 Å². The number of thiocarbonyl (C=S) groups is 1. The Bertz CT molecular complexity index is 907. The third kappa shape index (κ3) is 3.04. The molecule has 3 aromatic rings. The Labute approximate surface area is 167 Å². The van der Waals surface area contributed by atoms with E-state index >= 15 is 0 Å². The predicted molar refractivity (Wildman–Crippen MR) is 112 cm³/mol. The molecule has 4 rings (SSSR count). The molecule has 0 unspecified atom stereocenters. The van der Waals surface area contributed by atoms with Crippen LogP contribution in [0.1, 0.15) is 30.4 Å². The number of hydrogen-bond acceptors (Lipinski definition) is 2. The van der Waals surface area contributed by atoms with Crippen LogP contribution in [0.4, 0.5) is 5.69 Å². The fraction of sp³-hybridized carbons (Fsp3) is 0.200. The van der Waals surface area contributed by atoms with Crippen molar-refractivity contribution in [1.29, 1.82) is 0 Å². The van der Waals surface area contributed by atoms with E-state index in [0.29, 0.717) is 0 Å². The van der Waals surface area contributed by atoms with E-state index in [1.54, 1.807) is 0 Å². The van der Waals surface area contributed by atoms with Gasteiger partial charge in [-0.1, -0.05) is 22.0 Å². The molecule has 1 N–H and O–H groups in total. The maximum absolute atomic E-state index is 5.73. The van der Waals surface area contributed by atoms with Gasteiger partial charge in [0.25, 0.3) is 0 Å². The lowest BCUT2D eigenvalue weighted by Gasteiger charge is -2.28. The monoisotopic (exact) mass is 426 g/mol. The quantitative estimate of drug-likeness (QED) is 0.604. The average molecular weight is 427 g/mol. The number of pyridine rings is 1. The van der Waals surface area contributed by atoms with Crippen LogP contribution < -0.4 is 10.2 Å². The van der Waals surface area contributed by atoms with Crippen molar-refractivity contribution in [3.8, 4) is 0 Å². The van der Waals surface area contributed by atoms with Crippen LogP contribution in [-0.2, 0) is 6.54 Å². The molecule has 2 aromatic heterocycles. The topological polar surface area (TPSA) is 33.1 Å². The Hall–Kier alpha value is -2.18. The summed E-state index contributed by atoms with van der Waals surface area (Å²) in [5.74, 6) is 0. The molecule has 0 bridgehead atoms. The molecule has 0 spiro atoms. The summed E-state index contributed by atoms with van der Waals surface area (Å²) in [6, 6.07) is 18.6. The SMILES string of the molecule is CCn1cccc1[C@@H]1[C@H](c2ccccn2)NC(=S)N1c1ccc(Br)cc1. The van der Waals surface area contributed by atoms with Gasteiger partial charge in [0.1, 0.15) is 6.04 Å². The smallest absolute Gasteiger partial charge is 0.174 e. The van der Waals surface area contributed by atoms with Gasteiger partial charge in [-0.3, -0.25) is 4.98 Å². The fourth-order valence-corrected chi connectivity index (χ4v) is 4.13. The first-order valence-corrected chi connectivity index (χ1v) is 9.80. The summed E-state index contributed by atoms with van der Waals surface area (Å²) < 4.78 is 3.32. The number of rotatable bonds is 4. The van der Waals surface area contributed by atoms with E-state index in [1.165, 1.54) is 5.69 Å². The third-order valence-corrected chi connectivity index (χ3v) is 5.55. The van der Waals surface area contributed by atoms with Crippen molar-refractivity contribution in [2.75, 3.05) is 4.90 Å². The highest BCUT2D eigenvalue weighted by atomic mass is 79.9. The van der Waals surface area contributed by atoms with Crippen molar-refractivity contribution in [3.05, 3.63) is 82.9 Å². The van der Waals surface area contributed by atoms with Crippen LogP contribution in [0.25, 0.3) is 0 Å². The highest BCUT2D eigenvalue weighted by molar-refractivity contribution is 9.10. The summed E-state index contributed by atoms with van der Waals surface area (Å²) in [5, 5.41) is 4.21. The van der Waals surface area contributed by atoms with E-state index in [1.807, 2.05) is 30.5 Å². The minimum atomic E-state index is -0.00690. The van der Waals surface area contributed by atoms with Crippen LogP contribution in [0.5, 0.6) is 0 Å². The Morgan fingerprint density at radius 3 is 2.62 bits per heavy atom. The molecule has 26 heavy (non-hydrogen) atoms. The molecule has 1 aromatic carbocycles. The first kappa shape index (κ1) is 17.2. The number of nitrogens with one attached hydrogen (secondary N) is 1. The molecule has 1 saturated heterocycles. The molecule has 0 aliphatic carbocycles. The Balaban J connectivity index is 1.84. The number of aromatic nitrogens is 2. The van der Waals surface area contributed by atoms with Crippen LogP contribution in [-0.4, -0.2) is 14.7 Å². The van der Waals surface area contributed by atoms with Gasteiger partial charge in [0.2, 0.25) is 0 Å². The standard InChI is InChI=1S/C20H19BrN4S/c1-2-24-13-5-7-17(24)19-18(16-6-3-4-12-22-16)23-20(26)25(19)15-10-8-14(21)9-11-15/h3-13,18-19H,2H2,1H3,(H,23,26)/t18-,19+/m0/s1. The van der Waals surface area contributed by atoms with Gasteiger partial charge in [0.15, 0.2) is 5.11 Å². The highest BCUT2D eigenvalue weighted by Crippen LogP contribution is 2.41. The second kappa shape index (κ2) is 7.21. The number of nitrogens with zero attached hydrogens (tertiary/aromatic N) is 3. The molecule has 132 valence electrons. The molecule has 1 aliphatic rings. The second-order valence-corrected chi connectivity index (χ2v) is 7.49. The second-order valence-electron chi connectivity index (χ2n) is 6.19. The normalized spacial score (nSPS) is 19.6. The zero-order valence-corrected chi connectivity index (χ0v) is 16.7. The van der Waals surface area contributed by atoms with Crippen molar-refractivity contribution in [1.82, 2.24) is 14.9 Å². The summed E-state index contributed by atoms with van der Waals surface area (Å²) in [5.41, 5.74) is 3.28. The van der Waals surface area contributed by atoms with Crippen LogP contribution in [0.15, 0.2) is 71.5 Å². The molecule has 6 heteroatoms. The zero-order valence-electron chi connectivity index (χ0n) is 14.3. The van der Waals surface area contributed by atoms with Gasteiger partial charge in [-0.25, -0.2) is 0 Å². The van der Waals surface area contributed by atoms with E-state index in [-0.39, 0.29) is 12.1 Å². The Morgan fingerprint density at radius 2 is 1.92 bits per heavy atom. The maximum Gasteiger partial charge on any atom is 0.174 e. The van der Waals surface area contributed by atoms with E-state index in [4.69, 9.17) is 12.2 Å². The summed E-state index contributed by atoms with van der Waals surface area (Å²) >= 11 is 9.24. The summed E-state index contributed by atoms with van der Waals surface area (Å²) in [4.78, 5) is 6.78.